The highest BCUT2D eigenvalue weighted by Crippen LogP contribution is 2.46. The van der Waals surface area contributed by atoms with Crippen LogP contribution < -0.4 is 0 Å². The lowest BCUT2D eigenvalue weighted by Gasteiger charge is -2.26. The van der Waals surface area contributed by atoms with Crippen LogP contribution in [-0.2, 0) is 11.2 Å². The summed E-state index contributed by atoms with van der Waals surface area (Å²) >= 11 is 2.00. The number of carbonyl (C=O) groups excluding carboxylic acids is 1. The number of ketones is 1. The Kier molecular flexibility index (Phi) is 3.61. The first kappa shape index (κ1) is 13.1. The molecule has 0 aliphatic carbocycles. The summed E-state index contributed by atoms with van der Waals surface area (Å²) in [5.41, 5.74) is 0.190. The summed E-state index contributed by atoms with van der Waals surface area (Å²) in [7, 11) is 0. The van der Waals surface area contributed by atoms with Crippen molar-refractivity contribution in [3.05, 3.63) is 35.4 Å². The molecule has 4 heteroatoms. The normalized spacial score (nSPS) is 29.5. The number of hydrogen-bond donors (Lipinski definition) is 0. The molecule has 2 saturated heterocycles. The lowest BCUT2D eigenvalue weighted by atomic mass is 9.90. The minimum absolute atomic E-state index is 0.0262. The zero-order chi connectivity index (χ0) is 13.4. The van der Waals surface area contributed by atoms with E-state index in [9.17, 15) is 13.6 Å². The van der Waals surface area contributed by atoms with Crippen molar-refractivity contribution in [2.24, 2.45) is 5.92 Å². The molecular weight excluding hydrogens is 266 g/mol. The minimum atomic E-state index is -0.871. The van der Waals surface area contributed by atoms with Gasteiger partial charge in [0.15, 0.2) is 11.6 Å². The van der Waals surface area contributed by atoms with Gasteiger partial charge in [0.25, 0.3) is 0 Å². The van der Waals surface area contributed by atoms with Crippen molar-refractivity contribution in [1.82, 2.24) is 0 Å². The maximum atomic E-state index is 13.6. The van der Waals surface area contributed by atoms with Crippen molar-refractivity contribution < 1.29 is 13.6 Å². The Morgan fingerprint density at radius 1 is 1.21 bits per heavy atom. The van der Waals surface area contributed by atoms with Gasteiger partial charge in [0.1, 0.15) is 5.78 Å². The molecule has 0 saturated carbocycles. The Balaban J connectivity index is 1.69. The average Bonchev–Trinajstić information content (AvgIpc) is 2.73. The molecular formula is C15H16F2OS. The maximum absolute atomic E-state index is 13.6. The van der Waals surface area contributed by atoms with Gasteiger partial charge in [-0.15, -0.1) is 0 Å². The molecule has 0 aromatic heterocycles. The average molecular weight is 282 g/mol. The highest BCUT2D eigenvalue weighted by Gasteiger charge is 2.37. The molecule has 0 spiro atoms. The SMILES string of the molecule is O=C(Cc1cccc(F)c1F)C1CC2CCC(C1)S2. The van der Waals surface area contributed by atoms with Gasteiger partial charge in [0, 0.05) is 22.8 Å². The van der Waals surface area contributed by atoms with E-state index in [0.717, 1.165) is 18.9 Å². The number of carbonyl (C=O) groups is 1. The first-order valence-electron chi connectivity index (χ1n) is 6.74. The Morgan fingerprint density at radius 2 is 1.89 bits per heavy atom. The fourth-order valence-electron chi connectivity index (χ4n) is 3.14. The molecule has 2 bridgehead atoms. The molecule has 0 radical (unpaired) electrons. The molecule has 2 heterocycles. The molecule has 1 nitrogen and oxygen atoms in total. The third kappa shape index (κ3) is 2.69. The first-order chi connectivity index (χ1) is 9.13. The van der Waals surface area contributed by atoms with Crippen molar-refractivity contribution in [1.29, 1.82) is 0 Å². The Hall–Kier alpha value is -0.900. The molecule has 1 aromatic rings. The molecule has 2 atom stereocenters. The first-order valence-corrected chi connectivity index (χ1v) is 7.69. The van der Waals surface area contributed by atoms with Gasteiger partial charge >= 0.3 is 0 Å². The van der Waals surface area contributed by atoms with Crippen LogP contribution in [0.4, 0.5) is 8.78 Å². The van der Waals surface area contributed by atoms with Crippen LogP contribution in [0.1, 0.15) is 31.2 Å². The molecule has 19 heavy (non-hydrogen) atoms. The van der Waals surface area contributed by atoms with Gasteiger partial charge in [-0.1, -0.05) is 12.1 Å². The molecule has 2 fully saturated rings. The smallest absolute Gasteiger partial charge is 0.162 e. The van der Waals surface area contributed by atoms with Crippen LogP contribution in [0, 0.1) is 17.6 Å². The minimum Gasteiger partial charge on any atom is -0.299 e. The molecule has 1 aromatic carbocycles. The predicted molar refractivity (Wildman–Crippen MR) is 72.2 cm³/mol. The van der Waals surface area contributed by atoms with E-state index in [4.69, 9.17) is 0 Å². The van der Waals surface area contributed by atoms with Crippen LogP contribution in [0.2, 0.25) is 0 Å². The molecule has 102 valence electrons. The van der Waals surface area contributed by atoms with E-state index < -0.39 is 11.6 Å². The van der Waals surface area contributed by atoms with E-state index >= 15 is 0 Å². The van der Waals surface area contributed by atoms with Crippen LogP contribution >= 0.6 is 11.8 Å². The topological polar surface area (TPSA) is 17.1 Å². The number of fused-ring (bicyclic) bond motifs is 2. The lowest BCUT2D eigenvalue weighted by molar-refractivity contribution is -0.122. The van der Waals surface area contributed by atoms with Crippen LogP contribution in [0.3, 0.4) is 0 Å². The Morgan fingerprint density at radius 3 is 2.58 bits per heavy atom. The fourth-order valence-corrected chi connectivity index (χ4v) is 4.91. The zero-order valence-electron chi connectivity index (χ0n) is 10.6. The van der Waals surface area contributed by atoms with Gasteiger partial charge in [0.05, 0.1) is 0 Å². The van der Waals surface area contributed by atoms with Crippen molar-refractivity contribution in [2.45, 2.75) is 42.6 Å². The zero-order valence-corrected chi connectivity index (χ0v) is 11.4. The maximum Gasteiger partial charge on any atom is 0.162 e. The number of halogens is 2. The number of benzene rings is 1. The van der Waals surface area contributed by atoms with Gasteiger partial charge in [-0.3, -0.25) is 4.79 Å². The number of hydrogen-bond acceptors (Lipinski definition) is 2. The van der Waals surface area contributed by atoms with Crippen molar-refractivity contribution in [3.8, 4) is 0 Å². The van der Waals surface area contributed by atoms with Gasteiger partial charge in [0.2, 0.25) is 0 Å². The molecule has 3 rings (SSSR count). The van der Waals surface area contributed by atoms with Gasteiger partial charge < -0.3 is 0 Å². The monoisotopic (exact) mass is 282 g/mol. The summed E-state index contributed by atoms with van der Waals surface area (Å²) in [6.45, 7) is 0. The lowest BCUT2D eigenvalue weighted by Crippen LogP contribution is -2.26. The van der Waals surface area contributed by atoms with Crippen molar-refractivity contribution in [2.75, 3.05) is 0 Å². The Bertz CT molecular complexity index is 491. The van der Waals surface area contributed by atoms with Crippen LogP contribution in [0.25, 0.3) is 0 Å². The Labute approximate surface area is 115 Å². The second-order valence-electron chi connectivity index (χ2n) is 5.48. The number of Topliss-reactive ketones (excluding diaryl/α,β-unsaturated/α-hetero) is 1. The summed E-state index contributed by atoms with van der Waals surface area (Å²) in [6, 6.07) is 4.05. The molecule has 2 aliphatic rings. The number of rotatable bonds is 3. The summed E-state index contributed by atoms with van der Waals surface area (Å²) in [5, 5.41) is 1.20. The highest BCUT2D eigenvalue weighted by atomic mass is 32.2. The largest absolute Gasteiger partial charge is 0.299 e. The quantitative estimate of drug-likeness (QED) is 0.840. The predicted octanol–water partition coefficient (Wildman–Crippen LogP) is 3.75. The molecule has 0 N–H and O–H groups in total. The van der Waals surface area contributed by atoms with E-state index in [1.807, 2.05) is 11.8 Å². The van der Waals surface area contributed by atoms with Gasteiger partial charge in [-0.2, -0.15) is 11.8 Å². The van der Waals surface area contributed by atoms with E-state index in [1.54, 1.807) is 0 Å². The van der Waals surface area contributed by atoms with Gasteiger partial charge in [-0.05, 0) is 37.3 Å². The van der Waals surface area contributed by atoms with Crippen LogP contribution in [0.5, 0.6) is 0 Å². The standard InChI is InChI=1S/C15H16F2OS/c16-13-3-1-2-9(15(13)17)8-14(18)10-6-11-4-5-12(7-10)19-11/h1-3,10-12H,4-8H2. The van der Waals surface area contributed by atoms with E-state index in [2.05, 4.69) is 0 Å². The summed E-state index contributed by atoms with van der Waals surface area (Å²) in [4.78, 5) is 12.3. The highest BCUT2D eigenvalue weighted by molar-refractivity contribution is 8.00. The van der Waals surface area contributed by atoms with E-state index in [1.165, 1.54) is 25.0 Å². The molecule has 2 aliphatic heterocycles. The van der Waals surface area contributed by atoms with Crippen molar-refractivity contribution in [3.63, 3.8) is 0 Å². The van der Waals surface area contributed by atoms with E-state index in [-0.39, 0.29) is 23.7 Å². The third-order valence-electron chi connectivity index (χ3n) is 4.14. The summed E-state index contributed by atoms with van der Waals surface area (Å²) in [6.07, 6.45) is 4.26. The third-order valence-corrected chi connectivity index (χ3v) is 5.77. The second-order valence-corrected chi connectivity index (χ2v) is 7.09. The van der Waals surface area contributed by atoms with Crippen LogP contribution in [-0.4, -0.2) is 16.3 Å². The number of thioether (sulfide) groups is 1. The summed E-state index contributed by atoms with van der Waals surface area (Å²) < 4.78 is 26.7. The van der Waals surface area contributed by atoms with Crippen molar-refractivity contribution >= 4 is 17.5 Å². The van der Waals surface area contributed by atoms with Crippen LogP contribution in [0.15, 0.2) is 18.2 Å². The molecule has 2 unspecified atom stereocenters. The van der Waals surface area contributed by atoms with E-state index in [0.29, 0.717) is 10.5 Å². The fraction of sp³-hybridized carbons (Fsp3) is 0.533. The van der Waals surface area contributed by atoms with Gasteiger partial charge in [-0.25, -0.2) is 8.78 Å². The summed E-state index contributed by atoms with van der Waals surface area (Å²) in [5.74, 6) is -1.63. The second kappa shape index (κ2) is 5.23. The molecule has 0 amide bonds.